The molecular weight excluding hydrogens is 216 g/mol. The van der Waals surface area contributed by atoms with Crippen LogP contribution in [0.4, 0.5) is 0 Å². The lowest BCUT2D eigenvalue weighted by molar-refractivity contribution is -0.123. The average molecular weight is 244 g/mol. The summed E-state index contributed by atoms with van der Waals surface area (Å²) < 4.78 is 5.01. The molecule has 17 heavy (non-hydrogen) atoms. The minimum absolute atomic E-state index is 0.0786. The summed E-state index contributed by atoms with van der Waals surface area (Å²) in [5.74, 6) is 0.703. The van der Waals surface area contributed by atoms with Crippen molar-refractivity contribution in [1.29, 1.82) is 0 Å². The maximum atomic E-state index is 11.7. The van der Waals surface area contributed by atoms with Crippen molar-refractivity contribution in [3.05, 3.63) is 0 Å². The van der Waals surface area contributed by atoms with E-state index in [-0.39, 0.29) is 11.9 Å². The van der Waals surface area contributed by atoms with E-state index in [9.17, 15) is 4.79 Å². The molecule has 0 aliphatic carbocycles. The highest BCUT2D eigenvalue weighted by Crippen LogP contribution is 1.97. The first-order valence-corrected chi connectivity index (χ1v) is 6.50. The summed E-state index contributed by atoms with van der Waals surface area (Å²) in [7, 11) is 1.69. The van der Waals surface area contributed by atoms with Gasteiger partial charge in [0, 0.05) is 26.3 Å². The Morgan fingerprint density at radius 2 is 1.82 bits per heavy atom. The van der Waals surface area contributed by atoms with Gasteiger partial charge in [-0.25, -0.2) is 0 Å². The Morgan fingerprint density at radius 3 is 2.35 bits per heavy atom. The van der Waals surface area contributed by atoms with Crippen LogP contribution in [0.1, 0.15) is 40.5 Å². The fraction of sp³-hybridized carbons (Fsp3) is 0.923. The molecule has 0 aliphatic heterocycles. The SMILES string of the molecule is COCCC(C)NC(C)C(=O)NCCC(C)C. The third kappa shape index (κ3) is 9.12. The maximum absolute atomic E-state index is 11.7. The lowest BCUT2D eigenvalue weighted by Crippen LogP contribution is -2.46. The van der Waals surface area contributed by atoms with Crippen molar-refractivity contribution in [3.8, 4) is 0 Å². The molecule has 0 heterocycles. The molecule has 0 radical (unpaired) electrons. The van der Waals surface area contributed by atoms with Crippen LogP contribution in [0.25, 0.3) is 0 Å². The van der Waals surface area contributed by atoms with Crippen molar-refractivity contribution in [2.75, 3.05) is 20.3 Å². The van der Waals surface area contributed by atoms with Crippen LogP contribution in [0.15, 0.2) is 0 Å². The normalized spacial score (nSPS) is 14.7. The van der Waals surface area contributed by atoms with Crippen LogP contribution in [-0.2, 0) is 9.53 Å². The van der Waals surface area contributed by atoms with Crippen LogP contribution in [0.2, 0.25) is 0 Å². The van der Waals surface area contributed by atoms with Gasteiger partial charge in [0.2, 0.25) is 5.91 Å². The molecule has 4 nitrogen and oxygen atoms in total. The second-order valence-corrected chi connectivity index (χ2v) is 5.04. The molecule has 0 spiro atoms. The number of ether oxygens (including phenoxy) is 1. The van der Waals surface area contributed by atoms with Gasteiger partial charge < -0.3 is 15.4 Å². The maximum Gasteiger partial charge on any atom is 0.236 e. The van der Waals surface area contributed by atoms with Crippen LogP contribution in [0, 0.1) is 5.92 Å². The minimum atomic E-state index is -0.144. The van der Waals surface area contributed by atoms with Gasteiger partial charge in [-0.05, 0) is 32.6 Å². The zero-order valence-electron chi connectivity index (χ0n) is 11.9. The summed E-state index contributed by atoms with van der Waals surface area (Å²) in [5.41, 5.74) is 0. The molecule has 102 valence electrons. The summed E-state index contributed by atoms with van der Waals surface area (Å²) in [5, 5.41) is 6.20. The number of nitrogens with one attached hydrogen (secondary N) is 2. The average Bonchev–Trinajstić information content (AvgIpc) is 2.25. The predicted octanol–water partition coefficient (Wildman–Crippen LogP) is 1.55. The zero-order valence-corrected chi connectivity index (χ0v) is 11.9. The van der Waals surface area contributed by atoms with E-state index in [0.29, 0.717) is 12.0 Å². The van der Waals surface area contributed by atoms with Gasteiger partial charge >= 0.3 is 0 Å². The zero-order chi connectivity index (χ0) is 13.3. The van der Waals surface area contributed by atoms with Gasteiger partial charge in [-0.1, -0.05) is 13.8 Å². The van der Waals surface area contributed by atoms with Crippen LogP contribution in [0.3, 0.4) is 0 Å². The Bertz CT molecular complexity index is 208. The third-order valence-corrected chi connectivity index (χ3v) is 2.70. The first kappa shape index (κ1) is 16.4. The highest BCUT2D eigenvalue weighted by molar-refractivity contribution is 5.81. The summed E-state index contributed by atoms with van der Waals surface area (Å²) in [6.07, 6.45) is 1.94. The molecule has 0 rings (SSSR count). The smallest absolute Gasteiger partial charge is 0.236 e. The molecule has 2 N–H and O–H groups in total. The molecule has 0 aromatic carbocycles. The molecule has 0 saturated carbocycles. The summed E-state index contributed by atoms with van der Waals surface area (Å²) in [6, 6.07) is 0.148. The molecular formula is C13H28N2O2. The van der Waals surface area contributed by atoms with Crippen molar-refractivity contribution in [2.24, 2.45) is 5.92 Å². The number of carbonyl (C=O) groups excluding carboxylic acids is 1. The first-order chi connectivity index (χ1) is 7.97. The topological polar surface area (TPSA) is 50.4 Å². The summed E-state index contributed by atoms with van der Waals surface area (Å²) in [6.45, 7) is 9.75. The summed E-state index contributed by atoms with van der Waals surface area (Å²) >= 11 is 0. The number of hydrogen-bond acceptors (Lipinski definition) is 3. The van der Waals surface area contributed by atoms with Crippen molar-refractivity contribution < 1.29 is 9.53 Å². The van der Waals surface area contributed by atoms with Crippen molar-refractivity contribution >= 4 is 5.91 Å². The number of amides is 1. The molecule has 0 aromatic rings. The standard InChI is InChI=1S/C13H28N2O2/c1-10(2)6-8-14-13(16)12(4)15-11(3)7-9-17-5/h10-12,15H,6-9H2,1-5H3,(H,14,16). The van der Waals surface area contributed by atoms with Crippen molar-refractivity contribution in [1.82, 2.24) is 10.6 Å². The van der Waals surface area contributed by atoms with Gasteiger partial charge in [0.25, 0.3) is 0 Å². The van der Waals surface area contributed by atoms with Crippen molar-refractivity contribution in [2.45, 2.75) is 52.6 Å². The lowest BCUT2D eigenvalue weighted by atomic mass is 10.1. The number of methoxy groups -OCH3 is 1. The summed E-state index contributed by atoms with van der Waals surface area (Å²) in [4.78, 5) is 11.7. The molecule has 0 fully saturated rings. The Kier molecular flexibility index (Phi) is 9.09. The highest BCUT2D eigenvalue weighted by Gasteiger charge is 2.14. The van der Waals surface area contributed by atoms with Crippen LogP contribution >= 0.6 is 0 Å². The van der Waals surface area contributed by atoms with E-state index in [4.69, 9.17) is 4.74 Å². The highest BCUT2D eigenvalue weighted by atomic mass is 16.5. The van der Waals surface area contributed by atoms with Crippen LogP contribution < -0.4 is 10.6 Å². The molecule has 2 atom stereocenters. The van der Waals surface area contributed by atoms with Gasteiger partial charge in [-0.3, -0.25) is 4.79 Å². The molecule has 4 heteroatoms. The second-order valence-electron chi connectivity index (χ2n) is 5.04. The molecule has 0 bridgehead atoms. The molecule has 0 saturated heterocycles. The fourth-order valence-electron chi connectivity index (χ4n) is 1.52. The Balaban J connectivity index is 3.73. The Labute approximate surface area is 105 Å². The van der Waals surface area contributed by atoms with E-state index in [2.05, 4.69) is 31.4 Å². The Morgan fingerprint density at radius 1 is 1.18 bits per heavy atom. The lowest BCUT2D eigenvalue weighted by Gasteiger charge is -2.19. The van der Waals surface area contributed by atoms with Crippen LogP contribution in [0.5, 0.6) is 0 Å². The van der Waals surface area contributed by atoms with E-state index >= 15 is 0 Å². The number of hydrogen-bond donors (Lipinski definition) is 2. The van der Waals surface area contributed by atoms with Gasteiger partial charge in [0.05, 0.1) is 6.04 Å². The molecule has 1 amide bonds. The van der Waals surface area contributed by atoms with Gasteiger partial charge in [-0.2, -0.15) is 0 Å². The largest absolute Gasteiger partial charge is 0.385 e. The van der Waals surface area contributed by atoms with Crippen LogP contribution in [-0.4, -0.2) is 38.3 Å². The van der Waals surface area contributed by atoms with E-state index in [1.165, 1.54) is 0 Å². The predicted molar refractivity (Wildman–Crippen MR) is 71.0 cm³/mol. The molecule has 0 aliphatic rings. The third-order valence-electron chi connectivity index (χ3n) is 2.70. The molecule has 0 aromatic heterocycles. The monoisotopic (exact) mass is 244 g/mol. The Hall–Kier alpha value is -0.610. The second kappa shape index (κ2) is 9.42. The van der Waals surface area contributed by atoms with Crippen molar-refractivity contribution in [3.63, 3.8) is 0 Å². The fourth-order valence-corrected chi connectivity index (χ4v) is 1.52. The number of rotatable bonds is 9. The van der Waals surface area contributed by atoms with E-state index in [0.717, 1.165) is 26.0 Å². The van der Waals surface area contributed by atoms with Gasteiger partial charge in [0.1, 0.15) is 0 Å². The quantitative estimate of drug-likeness (QED) is 0.647. The van der Waals surface area contributed by atoms with E-state index in [1.54, 1.807) is 7.11 Å². The van der Waals surface area contributed by atoms with Gasteiger partial charge in [-0.15, -0.1) is 0 Å². The first-order valence-electron chi connectivity index (χ1n) is 6.50. The minimum Gasteiger partial charge on any atom is -0.385 e. The van der Waals surface area contributed by atoms with Gasteiger partial charge in [0.15, 0.2) is 0 Å². The molecule has 2 unspecified atom stereocenters. The van der Waals surface area contributed by atoms with E-state index in [1.807, 2.05) is 6.92 Å². The number of carbonyl (C=O) groups is 1. The van der Waals surface area contributed by atoms with E-state index < -0.39 is 0 Å².